The first kappa shape index (κ1) is 11.5. The van der Waals surface area contributed by atoms with Gasteiger partial charge in [0.15, 0.2) is 0 Å². The van der Waals surface area contributed by atoms with Crippen LogP contribution in [0.5, 0.6) is 0 Å². The molecule has 0 spiro atoms. The number of benzene rings is 1. The number of rotatable bonds is 4. The van der Waals surface area contributed by atoms with E-state index in [1.807, 2.05) is 0 Å². The fourth-order valence-electron chi connectivity index (χ4n) is 2.58. The van der Waals surface area contributed by atoms with Crippen LogP contribution in [0.2, 0.25) is 0 Å². The number of nitrogens with zero attached hydrogens (tertiary/aromatic N) is 1. The molecule has 1 aliphatic heterocycles. The molecule has 0 aliphatic carbocycles. The molecule has 0 bridgehead atoms. The maximum absolute atomic E-state index is 5.60. The van der Waals surface area contributed by atoms with Gasteiger partial charge in [-0.3, -0.25) is 0 Å². The van der Waals surface area contributed by atoms with Crippen molar-refractivity contribution in [2.75, 3.05) is 18.0 Å². The van der Waals surface area contributed by atoms with Crippen LogP contribution in [0.1, 0.15) is 31.4 Å². The van der Waals surface area contributed by atoms with Crippen molar-refractivity contribution in [1.29, 1.82) is 0 Å². The molecule has 0 saturated carbocycles. The quantitative estimate of drug-likeness (QED) is 0.840. The molecule has 0 fully saturated rings. The van der Waals surface area contributed by atoms with Crippen LogP contribution in [0.3, 0.4) is 0 Å². The molecule has 1 heterocycles. The van der Waals surface area contributed by atoms with Crippen molar-refractivity contribution in [2.24, 2.45) is 5.73 Å². The van der Waals surface area contributed by atoms with E-state index in [-0.39, 0.29) is 0 Å². The van der Waals surface area contributed by atoms with Gasteiger partial charge in [-0.25, -0.2) is 0 Å². The molecule has 2 nitrogen and oxygen atoms in total. The minimum absolute atomic E-state index is 0.597. The van der Waals surface area contributed by atoms with Gasteiger partial charge in [0.05, 0.1) is 0 Å². The second kappa shape index (κ2) is 4.88. The summed E-state index contributed by atoms with van der Waals surface area (Å²) in [6.07, 6.45) is 3.40. The van der Waals surface area contributed by atoms with Crippen LogP contribution in [0.25, 0.3) is 0 Å². The monoisotopic (exact) mass is 218 g/mol. The average Bonchev–Trinajstić information content (AvgIpc) is 2.70. The zero-order chi connectivity index (χ0) is 11.5. The largest absolute Gasteiger partial charge is 0.368 e. The third-order valence-corrected chi connectivity index (χ3v) is 3.39. The van der Waals surface area contributed by atoms with Crippen LogP contribution < -0.4 is 10.6 Å². The zero-order valence-electron chi connectivity index (χ0n) is 10.4. The van der Waals surface area contributed by atoms with Gasteiger partial charge in [0.2, 0.25) is 0 Å². The Balaban J connectivity index is 2.30. The molecule has 0 radical (unpaired) electrons. The van der Waals surface area contributed by atoms with Gasteiger partial charge in [-0.1, -0.05) is 18.2 Å². The number of anilines is 1. The van der Waals surface area contributed by atoms with E-state index in [0.717, 1.165) is 19.4 Å². The van der Waals surface area contributed by atoms with Crippen molar-refractivity contribution in [3.05, 3.63) is 29.3 Å². The highest BCUT2D eigenvalue weighted by Crippen LogP contribution is 2.33. The summed E-state index contributed by atoms with van der Waals surface area (Å²) in [4.78, 5) is 2.53. The maximum Gasteiger partial charge on any atom is 0.0434 e. The summed E-state index contributed by atoms with van der Waals surface area (Å²) in [5, 5.41) is 0. The highest BCUT2D eigenvalue weighted by atomic mass is 15.2. The Morgan fingerprint density at radius 2 is 2.19 bits per heavy atom. The Hall–Kier alpha value is -1.02. The number of hydrogen-bond acceptors (Lipinski definition) is 2. The summed E-state index contributed by atoms with van der Waals surface area (Å²) in [5.41, 5.74) is 10.1. The van der Waals surface area contributed by atoms with Crippen molar-refractivity contribution < 1.29 is 0 Å². The molecule has 88 valence electrons. The first-order valence-corrected chi connectivity index (χ1v) is 6.31. The normalized spacial score (nSPS) is 14.6. The number of fused-ring (bicyclic) bond motifs is 1. The second-order valence-electron chi connectivity index (χ2n) is 4.85. The fraction of sp³-hybridized carbons (Fsp3) is 0.571. The topological polar surface area (TPSA) is 29.3 Å². The Morgan fingerprint density at radius 3 is 2.88 bits per heavy atom. The Kier molecular flexibility index (Phi) is 3.49. The minimum Gasteiger partial charge on any atom is -0.368 e. The summed E-state index contributed by atoms with van der Waals surface area (Å²) < 4.78 is 0. The van der Waals surface area contributed by atoms with Gasteiger partial charge >= 0.3 is 0 Å². The molecule has 0 atom stereocenters. The molecule has 0 unspecified atom stereocenters. The van der Waals surface area contributed by atoms with E-state index in [0.29, 0.717) is 6.04 Å². The number of hydrogen-bond donors (Lipinski definition) is 1. The van der Waals surface area contributed by atoms with Crippen LogP contribution in [-0.2, 0) is 12.8 Å². The standard InChI is InChI=1S/C14H22N2/c1-11(2)16-10-8-13-6-3-5-12(14(13)16)7-4-9-15/h3,5-6,11H,4,7-10,15H2,1-2H3. The highest BCUT2D eigenvalue weighted by molar-refractivity contribution is 5.64. The molecule has 1 aromatic carbocycles. The van der Waals surface area contributed by atoms with Gasteiger partial charge in [-0.05, 0) is 50.8 Å². The minimum atomic E-state index is 0.597. The van der Waals surface area contributed by atoms with Gasteiger partial charge in [0, 0.05) is 18.3 Å². The van der Waals surface area contributed by atoms with Crippen molar-refractivity contribution in [1.82, 2.24) is 0 Å². The first-order chi connectivity index (χ1) is 7.74. The molecule has 16 heavy (non-hydrogen) atoms. The lowest BCUT2D eigenvalue weighted by atomic mass is 10.0. The Labute approximate surface area is 98.4 Å². The third-order valence-electron chi connectivity index (χ3n) is 3.39. The summed E-state index contributed by atoms with van der Waals surface area (Å²) in [5.74, 6) is 0. The van der Waals surface area contributed by atoms with Gasteiger partial charge < -0.3 is 10.6 Å². The summed E-state index contributed by atoms with van der Waals surface area (Å²) in [6, 6.07) is 7.31. The molecule has 0 saturated heterocycles. The molecule has 1 aromatic rings. The van der Waals surface area contributed by atoms with Crippen LogP contribution in [0.15, 0.2) is 18.2 Å². The summed E-state index contributed by atoms with van der Waals surface area (Å²) >= 11 is 0. The van der Waals surface area contributed by atoms with Crippen LogP contribution >= 0.6 is 0 Å². The summed E-state index contributed by atoms with van der Waals surface area (Å²) in [6.45, 7) is 6.50. The van der Waals surface area contributed by atoms with E-state index in [1.54, 1.807) is 0 Å². The average molecular weight is 218 g/mol. The molecule has 2 N–H and O–H groups in total. The lowest BCUT2D eigenvalue weighted by molar-refractivity contribution is 0.705. The maximum atomic E-state index is 5.60. The van der Waals surface area contributed by atoms with E-state index < -0.39 is 0 Å². The van der Waals surface area contributed by atoms with E-state index in [1.165, 1.54) is 29.8 Å². The van der Waals surface area contributed by atoms with Crippen molar-refractivity contribution in [3.63, 3.8) is 0 Å². The molecule has 2 heteroatoms. The smallest absolute Gasteiger partial charge is 0.0434 e. The van der Waals surface area contributed by atoms with Crippen molar-refractivity contribution >= 4 is 5.69 Å². The van der Waals surface area contributed by atoms with Crippen molar-refractivity contribution in [2.45, 2.75) is 39.2 Å². The molecule has 0 amide bonds. The first-order valence-electron chi connectivity index (χ1n) is 6.31. The lowest BCUT2D eigenvalue weighted by Gasteiger charge is -2.26. The lowest BCUT2D eigenvalue weighted by Crippen LogP contribution is -2.29. The molecular weight excluding hydrogens is 196 g/mol. The Morgan fingerprint density at radius 1 is 1.38 bits per heavy atom. The van der Waals surface area contributed by atoms with Gasteiger partial charge in [0.1, 0.15) is 0 Å². The number of para-hydroxylation sites is 1. The predicted molar refractivity (Wildman–Crippen MR) is 70.0 cm³/mol. The Bertz CT molecular complexity index is 358. The predicted octanol–water partition coefficient (Wildman–Crippen LogP) is 2.35. The fourth-order valence-corrected chi connectivity index (χ4v) is 2.58. The molecular formula is C14H22N2. The van der Waals surface area contributed by atoms with E-state index in [4.69, 9.17) is 5.73 Å². The van der Waals surface area contributed by atoms with Crippen LogP contribution in [0.4, 0.5) is 5.69 Å². The van der Waals surface area contributed by atoms with Gasteiger partial charge in [-0.2, -0.15) is 0 Å². The molecule has 1 aliphatic rings. The van der Waals surface area contributed by atoms with Crippen LogP contribution in [-0.4, -0.2) is 19.1 Å². The summed E-state index contributed by atoms with van der Waals surface area (Å²) in [7, 11) is 0. The number of nitrogens with two attached hydrogens (primary N) is 1. The number of aryl methyl sites for hydroxylation is 1. The SMILES string of the molecule is CC(C)N1CCc2cccc(CCCN)c21. The molecule has 0 aromatic heterocycles. The third kappa shape index (κ3) is 2.07. The second-order valence-corrected chi connectivity index (χ2v) is 4.85. The van der Waals surface area contributed by atoms with Crippen LogP contribution in [0, 0.1) is 0 Å². The van der Waals surface area contributed by atoms with Crippen molar-refractivity contribution in [3.8, 4) is 0 Å². The highest BCUT2D eigenvalue weighted by Gasteiger charge is 2.23. The van der Waals surface area contributed by atoms with E-state index in [2.05, 4.69) is 36.9 Å². The van der Waals surface area contributed by atoms with Gasteiger partial charge in [0.25, 0.3) is 0 Å². The van der Waals surface area contributed by atoms with E-state index in [9.17, 15) is 0 Å². The van der Waals surface area contributed by atoms with E-state index >= 15 is 0 Å². The molecule has 2 rings (SSSR count). The van der Waals surface area contributed by atoms with Gasteiger partial charge in [-0.15, -0.1) is 0 Å². The zero-order valence-corrected chi connectivity index (χ0v) is 10.4.